The standard InChI is InChI=1S/C15H15BrN2O2/c1-11(9-12-5-3-2-4-6-12)17-14-10-13(16)7-8-15(14)18(19)20/h2-8,10-11,17H,9H2,1H3. The van der Waals surface area contributed by atoms with Crippen LogP contribution in [0, 0.1) is 10.1 Å². The molecule has 0 saturated heterocycles. The third kappa shape index (κ3) is 3.81. The average molecular weight is 335 g/mol. The first kappa shape index (κ1) is 14.5. The Bertz CT molecular complexity index is 602. The predicted molar refractivity (Wildman–Crippen MR) is 84.0 cm³/mol. The second-order valence-corrected chi connectivity index (χ2v) is 5.57. The van der Waals surface area contributed by atoms with Crippen LogP contribution in [0.3, 0.4) is 0 Å². The third-order valence-corrected chi connectivity index (χ3v) is 3.44. The van der Waals surface area contributed by atoms with Crippen molar-refractivity contribution in [3.63, 3.8) is 0 Å². The van der Waals surface area contributed by atoms with Crippen LogP contribution >= 0.6 is 15.9 Å². The molecule has 104 valence electrons. The van der Waals surface area contributed by atoms with Gasteiger partial charge in [-0.3, -0.25) is 10.1 Å². The first-order chi connectivity index (χ1) is 9.56. The van der Waals surface area contributed by atoms with Crippen LogP contribution in [0.1, 0.15) is 12.5 Å². The van der Waals surface area contributed by atoms with Crippen LogP contribution in [0.15, 0.2) is 53.0 Å². The van der Waals surface area contributed by atoms with Gasteiger partial charge in [0.05, 0.1) is 4.92 Å². The van der Waals surface area contributed by atoms with Crippen molar-refractivity contribution in [2.45, 2.75) is 19.4 Å². The third-order valence-electron chi connectivity index (χ3n) is 2.94. The molecule has 2 rings (SSSR count). The summed E-state index contributed by atoms with van der Waals surface area (Å²) in [6.07, 6.45) is 0.810. The number of anilines is 1. The van der Waals surface area contributed by atoms with Gasteiger partial charge in [-0.1, -0.05) is 46.3 Å². The van der Waals surface area contributed by atoms with Gasteiger partial charge >= 0.3 is 0 Å². The lowest BCUT2D eigenvalue weighted by atomic mass is 10.1. The first-order valence-electron chi connectivity index (χ1n) is 6.30. The highest BCUT2D eigenvalue weighted by Crippen LogP contribution is 2.28. The fourth-order valence-corrected chi connectivity index (χ4v) is 2.43. The second kappa shape index (κ2) is 6.52. The molecule has 1 atom stereocenters. The molecule has 20 heavy (non-hydrogen) atoms. The Morgan fingerprint density at radius 3 is 2.60 bits per heavy atom. The molecule has 0 fully saturated rings. The summed E-state index contributed by atoms with van der Waals surface area (Å²) in [6, 6.07) is 15.1. The molecule has 5 heteroatoms. The van der Waals surface area contributed by atoms with E-state index in [-0.39, 0.29) is 16.7 Å². The van der Waals surface area contributed by atoms with Crippen molar-refractivity contribution < 1.29 is 4.92 Å². The van der Waals surface area contributed by atoms with Gasteiger partial charge in [0.1, 0.15) is 5.69 Å². The van der Waals surface area contributed by atoms with E-state index in [1.165, 1.54) is 11.6 Å². The summed E-state index contributed by atoms with van der Waals surface area (Å²) in [5, 5.41) is 14.2. The van der Waals surface area contributed by atoms with E-state index in [2.05, 4.69) is 21.2 Å². The van der Waals surface area contributed by atoms with E-state index in [1.807, 2.05) is 37.3 Å². The quantitative estimate of drug-likeness (QED) is 0.651. The molecule has 0 heterocycles. The van der Waals surface area contributed by atoms with Crippen LogP contribution < -0.4 is 5.32 Å². The lowest BCUT2D eigenvalue weighted by Gasteiger charge is -2.15. The van der Waals surface area contributed by atoms with Crippen LogP contribution in [0.25, 0.3) is 0 Å². The smallest absolute Gasteiger partial charge is 0.292 e. The Hall–Kier alpha value is -1.88. The van der Waals surface area contributed by atoms with Gasteiger partial charge in [0, 0.05) is 16.6 Å². The molecule has 0 radical (unpaired) electrons. The summed E-state index contributed by atoms with van der Waals surface area (Å²) in [7, 11) is 0. The summed E-state index contributed by atoms with van der Waals surface area (Å²) >= 11 is 3.34. The molecule has 2 aromatic rings. The number of benzene rings is 2. The van der Waals surface area contributed by atoms with E-state index in [9.17, 15) is 10.1 Å². The van der Waals surface area contributed by atoms with Gasteiger partial charge in [-0.05, 0) is 31.0 Å². The molecule has 1 unspecified atom stereocenters. The zero-order valence-corrected chi connectivity index (χ0v) is 12.6. The summed E-state index contributed by atoms with van der Waals surface area (Å²) < 4.78 is 0.817. The van der Waals surface area contributed by atoms with Crippen LogP contribution in [-0.4, -0.2) is 11.0 Å². The van der Waals surface area contributed by atoms with Crippen LogP contribution in [0.2, 0.25) is 0 Å². The number of halogens is 1. The van der Waals surface area contributed by atoms with Crippen molar-refractivity contribution in [1.29, 1.82) is 0 Å². The molecule has 0 saturated carbocycles. The number of nitrogens with one attached hydrogen (secondary N) is 1. The van der Waals surface area contributed by atoms with E-state index in [0.717, 1.165) is 10.9 Å². The number of rotatable bonds is 5. The van der Waals surface area contributed by atoms with Crippen molar-refractivity contribution in [2.24, 2.45) is 0 Å². The molecule has 0 aliphatic carbocycles. The van der Waals surface area contributed by atoms with Crippen molar-refractivity contribution in [3.8, 4) is 0 Å². The number of nitro groups is 1. The van der Waals surface area contributed by atoms with E-state index in [4.69, 9.17) is 0 Å². The van der Waals surface area contributed by atoms with E-state index in [0.29, 0.717) is 5.69 Å². The van der Waals surface area contributed by atoms with E-state index in [1.54, 1.807) is 12.1 Å². The highest BCUT2D eigenvalue weighted by atomic mass is 79.9. The van der Waals surface area contributed by atoms with Gasteiger partial charge in [-0.15, -0.1) is 0 Å². The molecular weight excluding hydrogens is 320 g/mol. The Morgan fingerprint density at radius 2 is 1.95 bits per heavy atom. The lowest BCUT2D eigenvalue weighted by molar-refractivity contribution is -0.384. The van der Waals surface area contributed by atoms with Crippen molar-refractivity contribution in [2.75, 3.05) is 5.32 Å². The largest absolute Gasteiger partial charge is 0.377 e. The first-order valence-corrected chi connectivity index (χ1v) is 7.10. The fourth-order valence-electron chi connectivity index (χ4n) is 2.07. The maximum Gasteiger partial charge on any atom is 0.292 e. The van der Waals surface area contributed by atoms with Gasteiger partial charge in [0.2, 0.25) is 0 Å². The maximum atomic E-state index is 11.0. The maximum absolute atomic E-state index is 11.0. The van der Waals surface area contributed by atoms with E-state index < -0.39 is 0 Å². The minimum absolute atomic E-state index is 0.0908. The Kier molecular flexibility index (Phi) is 4.74. The summed E-state index contributed by atoms with van der Waals surface area (Å²) in [5.74, 6) is 0. The predicted octanol–water partition coefficient (Wildman–Crippen LogP) is 4.40. The molecule has 1 N–H and O–H groups in total. The van der Waals surface area contributed by atoms with Crippen molar-refractivity contribution in [1.82, 2.24) is 0 Å². The molecule has 4 nitrogen and oxygen atoms in total. The zero-order valence-electron chi connectivity index (χ0n) is 11.0. The number of hydrogen-bond donors (Lipinski definition) is 1. The Labute approximate surface area is 126 Å². The van der Waals surface area contributed by atoms with Gasteiger partial charge < -0.3 is 5.32 Å². The van der Waals surface area contributed by atoms with Gasteiger partial charge in [-0.2, -0.15) is 0 Å². The molecular formula is C15H15BrN2O2. The van der Waals surface area contributed by atoms with Crippen molar-refractivity contribution in [3.05, 3.63) is 68.7 Å². The second-order valence-electron chi connectivity index (χ2n) is 4.65. The highest BCUT2D eigenvalue weighted by molar-refractivity contribution is 9.10. The van der Waals surface area contributed by atoms with Crippen LogP contribution in [0.5, 0.6) is 0 Å². The number of nitro benzene ring substituents is 1. The summed E-state index contributed by atoms with van der Waals surface area (Å²) in [6.45, 7) is 2.01. The van der Waals surface area contributed by atoms with Gasteiger partial charge in [0.25, 0.3) is 5.69 Å². The molecule has 0 aliphatic heterocycles. The van der Waals surface area contributed by atoms with Crippen molar-refractivity contribution >= 4 is 27.3 Å². The normalized spacial score (nSPS) is 11.9. The molecule has 2 aromatic carbocycles. The average Bonchev–Trinajstić information content (AvgIpc) is 2.39. The summed E-state index contributed by atoms with van der Waals surface area (Å²) in [4.78, 5) is 10.7. The SMILES string of the molecule is CC(Cc1ccccc1)Nc1cc(Br)ccc1[N+](=O)[O-]. The highest BCUT2D eigenvalue weighted by Gasteiger charge is 2.15. The molecule has 0 aliphatic rings. The zero-order chi connectivity index (χ0) is 14.5. The molecule has 0 aromatic heterocycles. The Balaban J connectivity index is 2.13. The number of hydrogen-bond acceptors (Lipinski definition) is 3. The number of nitrogens with zero attached hydrogens (tertiary/aromatic N) is 1. The monoisotopic (exact) mass is 334 g/mol. The summed E-state index contributed by atoms with van der Waals surface area (Å²) in [5.41, 5.74) is 1.83. The van der Waals surface area contributed by atoms with E-state index >= 15 is 0 Å². The lowest BCUT2D eigenvalue weighted by Crippen LogP contribution is -2.18. The molecule has 0 spiro atoms. The Morgan fingerprint density at radius 1 is 1.25 bits per heavy atom. The minimum Gasteiger partial charge on any atom is -0.377 e. The molecule has 0 amide bonds. The van der Waals surface area contributed by atoms with Gasteiger partial charge in [0.15, 0.2) is 0 Å². The fraction of sp³-hybridized carbons (Fsp3) is 0.200. The topological polar surface area (TPSA) is 55.2 Å². The van der Waals surface area contributed by atoms with Gasteiger partial charge in [-0.25, -0.2) is 0 Å². The molecule has 0 bridgehead atoms. The minimum atomic E-state index is -0.371. The van der Waals surface area contributed by atoms with Crippen LogP contribution in [0.4, 0.5) is 11.4 Å². The van der Waals surface area contributed by atoms with Crippen LogP contribution in [-0.2, 0) is 6.42 Å².